The van der Waals surface area contributed by atoms with Crippen molar-refractivity contribution in [3.05, 3.63) is 65.9 Å². The number of rotatable bonds is 9. The van der Waals surface area contributed by atoms with Crippen molar-refractivity contribution in [3.8, 4) is 6.07 Å². The number of H-pyrrole nitrogens is 1. The summed E-state index contributed by atoms with van der Waals surface area (Å²) in [6.07, 6.45) is 4.67. The van der Waals surface area contributed by atoms with Gasteiger partial charge < -0.3 is 15.6 Å². The van der Waals surface area contributed by atoms with Gasteiger partial charge in [0.1, 0.15) is 17.6 Å². The number of aliphatic imine (C=N–C) groups is 1. The summed E-state index contributed by atoms with van der Waals surface area (Å²) in [6, 6.07) is 7.16. The number of fused-ring (bicyclic) bond motifs is 1. The standard InChI is InChI=1S/C24H23FN6O2S/c1-4-15-16(11-28-12-20(15)27-3)19(10-26)30-23(32)13(2)8-21(34)31-24(33)18-9-14-6-5-7-17(25)22(14)29-18/h4-7,9,11-13,19,21,29,34H,1,3,8H2,2H3,(H,30,32)(H,31,33). The van der Waals surface area contributed by atoms with E-state index < -0.39 is 35.0 Å². The van der Waals surface area contributed by atoms with Crippen molar-refractivity contribution >= 4 is 53.8 Å². The van der Waals surface area contributed by atoms with E-state index in [9.17, 15) is 19.2 Å². The van der Waals surface area contributed by atoms with Gasteiger partial charge in [-0.1, -0.05) is 31.7 Å². The molecular weight excluding hydrogens is 455 g/mol. The van der Waals surface area contributed by atoms with E-state index in [4.69, 9.17) is 0 Å². The lowest BCUT2D eigenvalue weighted by molar-refractivity contribution is -0.125. The number of benzene rings is 1. The lowest BCUT2D eigenvalue weighted by Gasteiger charge is -2.20. The molecule has 10 heteroatoms. The Bertz CT molecular complexity index is 1300. The molecule has 2 amide bonds. The number of carbonyl (C=O) groups is 2. The highest BCUT2D eigenvalue weighted by Gasteiger charge is 2.24. The third kappa shape index (κ3) is 5.32. The number of para-hydroxylation sites is 1. The van der Waals surface area contributed by atoms with Gasteiger partial charge in [0.15, 0.2) is 0 Å². The van der Waals surface area contributed by atoms with Crippen molar-refractivity contribution in [2.75, 3.05) is 0 Å². The van der Waals surface area contributed by atoms with Crippen molar-refractivity contribution in [1.29, 1.82) is 5.26 Å². The first-order valence-electron chi connectivity index (χ1n) is 10.3. The molecule has 3 rings (SSSR count). The van der Waals surface area contributed by atoms with Crippen LogP contribution >= 0.6 is 12.6 Å². The predicted octanol–water partition coefficient (Wildman–Crippen LogP) is 4.07. The summed E-state index contributed by atoms with van der Waals surface area (Å²) in [5.74, 6) is -1.92. The molecule has 2 aromatic heterocycles. The van der Waals surface area contributed by atoms with Crippen LogP contribution in [0.3, 0.4) is 0 Å². The predicted molar refractivity (Wildman–Crippen MR) is 132 cm³/mol. The first-order valence-corrected chi connectivity index (χ1v) is 10.8. The van der Waals surface area contributed by atoms with Crippen molar-refractivity contribution in [1.82, 2.24) is 20.6 Å². The van der Waals surface area contributed by atoms with Crippen LogP contribution in [0.25, 0.3) is 17.0 Å². The van der Waals surface area contributed by atoms with Crippen LogP contribution in [-0.4, -0.2) is 33.9 Å². The highest BCUT2D eigenvalue weighted by Crippen LogP contribution is 2.27. The van der Waals surface area contributed by atoms with Crippen LogP contribution in [0.2, 0.25) is 0 Å². The zero-order chi connectivity index (χ0) is 24.8. The van der Waals surface area contributed by atoms with Crippen molar-refractivity contribution in [2.24, 2.45) is 10.9 Å². The van der Waals surface area contributed by atoms with Gasteiger partial charge in [-0.2, -0.15) is 17.9 Å². The Balaban J connectivity index is 1.63. The maximum Gasteiger partial charge on any atom is 0.268 e. The molecular formula is C24H23FN6O2S. The first-order chi connectivity index (χ1) is 16.3. The summed E-state index contributed by atoms with van der Waals surface area (Å²) in [6.45, 7) is 8.87. The number of nitrogens with one attached hydrogen (secondary N) is 3. The molecule has 0 fully saturated rings. The Hall–Kier alpha value is -3.97. The van der Waals surface area contributed by atoms with Crippen LogP contribution < -0.4 is 10.6 Å². The molecule has 0 spiro atoms. The van der Waals surface area contributed by atoms with Crippen LogP contribution in [0.15, 0.2) is 48.2 Å². The average molecular weight is 479 g/mol. The SMILES string of the molecule is C=Cc1c(N=C)cncc1C(C#N)NC(=O)C(C)CC(S)NC(=O)c1cc2cccc(F)c2[nH]1. The summed E-state index contributed by atoms with van der Waals surface area (Å²) in [4.78, 5) is 36.0. The molecule has 3 N–H and O–H groups in total. The average Bonchev–Trinajstić information content (AvgIpc) is 3.27. The number of halogens is 1. The first kappa shape index (κ1) is 24.7. The molecule has 174 valence electrons. The summed E-state index contributed by atoms with van der Waals surface area (Å²) in [5, 5.41) is 14.9. The summed E-state index contributed by atoms with van der Waals surface area (Å²) >= 11 is 4.37. The van der Waals surface area contributed by atoms with Gasteiger partial charge in [-0.25, -0.2) is 4.39 Å². The number of pyridine rings is 1. The number of aromatic nitrogens is 2. The smallest absolute Gasteiger partial charge is 0.268 e. The molecule has 3 unspecified atom stereocenters. The number of aromatic amines is 1. The topological polar surface area (TPSA) is 123 Å². The van der Waals surface area contributed by atoms with Gasteiger partial charge in [0, 0.05) is 28.6 Å². The molecule has 34 heavy (non-hydrogen) atoms. The fourth-order valence-corrected chi connectivity index (χ4v) is 3.92. The van der Waals surface area contributed by atoms with Gasteiger partial charge in [-0.15, -0.1) is 0 Å². The Morgan fingerprint density at radius 1 is 1.38 bits per heavy atom. The monoisotopic (exact) mass is 478 g/mol. The van der Waals surface area contributed by atoms with Crippen molar-refractivity contribution < 1.29 is 14.0 Å². The van der Waals surface area contributed by atoms with E-state index in [-0.39, 0.29) is 17.6 Å². The van der Waals surface area contributed by atoms with Crippen LogP contribution in [0.1, 0.15) is 41.0 Å². The van der Waals surface area contributed by atoms with E-state index in [1.165, 1.54) is 24.5 Å². The summed E-state index contributed by atoms with van der Waals surface area (Å²) in [5.41, 5.74) is 1.87. The second-order valence-corrected chi connectivity index (χ2v) is 8.23. The molecule has 0 saturated carbocycles. The van der Waals surface area contributed by atoms with E-state index in [1.807, 2.05) is 6.07 Å². The fraction of sp³-hybridized carbons (Fsp3) is 0.208. The van der Waals surface area contributed by atoms with Crippen LogP contribution in [0.5, 0.6) is 0 Å². The molecule has 2 heterocycles. The molecule has 8 nitrogen and oxygen atoms in total. The minimum atomic E-state index is -0.980. The van der Waals surface area contributed by atoms with Gasteiger partial charge in [-0.3, -0.25) is 19.6 Å². The largest absolute Gasteiger partial charge is 0.348 e. The molecule has 0 saturated heterocycles. The zero-order valence-electron chi connectivity index (χ0n) is 18.4. The number of hydrogen-bond acceptors (Lipinski definition) is 6. The highest BCUT2D eigenvalue weighted by molar-refractivity contribution is 7.80. The van der Waals surface area contributed by atoms with E-state index >= 15 is 0 Å². The second kappa shape index (κ2) is 10.8. The minimum Gasteiger partial charge on any atom is -0.348 e. The summed E-state index contributed by atoms with van der Waals surface area (Å²) < 4.78 is 13.9. The number of nitrogens with zero attached hydrogens (tertiary/aromatic N) is 3. The lowest BCUT2D eigenvalue weighted by atomic mass is 10.0. The van der Waals surface area contributed by atoms with E-state index in [0.29, 0.717) is 22.2 Å². The zero-order valence-corrected chi connectivity index (χ0v) is 19.3. The number of carbonyl (C=O) groups excluding carboxylic acids is 2. The van der Waals surface area contributed by atoms with Crippen molar-refractivity contribution in [2.45, 2.75) is 24.8 Å². The number of amides is 2. The van der Waals surface area contributed by atoms with Crippen LogP contribution in [-0.2, 0) is 4.79 Å². The minimum absolute atomic E-state index is 0.181. The second-order valence-electron chi connectivity index (χ2n) is 7.61. The lowest BCUT2D eigenvalue weighted by Crippen LogP contribution is -2.37. The molecule has 0 aliphatic heterocycles. The van der Waals surface area contributed by atoms with Crippen molar-refractivity contribution in [3.63, 3.8) is 0 Å². The molecule has 0 aliphatic carbocycles. The van der Waals surface area contributed by atoms with Crippen LogP contribution in [0.4, 0.5) is 10.1 Å². The van der Waals surface area contributed by atoms with E-state index in [1.54, 1.807) is 25.1 Å². The van der Waals surface area contributed by atoms with Gasteiger partial charge in [0.2, 0.25) is 5.91 Å². The fourth-order valence-electron chi connectivity index (χ4n) is 3.49. The third-order valence-corrected chi connectivity index (χ3v) is 5.61. The maximum absolute atomic E-state index is 13.9. The Morgan fingerprint density at radius 3 is 2.79 bits per heavy atom. The quantitative estimate of drug-likeness (QED) is 0.210. The third-order valence-electron chi connectivity index (χ3n) is 5.27. The van der Waals surface area contributed by atoms with E-state index in [2.05, 4.69) is 51.5 Å². The molecule has 3 atom stereocenters. The normalized spacial score (nSPS) is 13.4. The van der Waals surface area contributed by atoms with Gasteiger partial charge in [0.25, 0.3) is 5.91 Å². The number of thiol groups is 1. The summed E-state index contributed by atoms with van der Waals surface area (Å²) in [7, 11) is 0. The van der Waals surface area contributed by atoms with Gasteiger partial charge in [-0.05, 0) is 25.3 Å². The van der Waals surface area contributed by atoms with Gasteiger partial charge >= 0.3 is 0 Å². The Morgan fingerprint density at radius 2 is 2.15 bits per heavy atom. The van der Waals surface area contributed by atoms with Gasteiger partial charge in [0.05, 0.1) is 28.8 Å². The number of nitriles is 1. The molecule has 0 radical (unpaired) electrons. The van der Waals surface area contributed by atoms with E-state index in [0.717, 1.165) is 0 Å². The molecule has 0 bridgehead atoms. The highest BCUT2D eigenvalue weighted by atomic mass is 32.1. The Labute approximate surface area is 201 Å². The molecule has 3 aromatic rings. The molecule has 1 aromatic carbocycles. The number of hydrogen-bond donors (Lipinski definition) is 4. The maximum atomic E-state index is 13.9. The molecule has 0 aliphatic rings. The van der Waals surface area contributed by atoms with Crippen LogP contribution in [0, 0.1) is 23.1 Å². The Kier molecular flexibility index (Phi) is 7.81.